The van der Waals surface area contributed by atoms with E-state index in [2.05, 4.69) is 12.6 Å². The summed E-state index contributed by atoms with van der Waals surface area (Å²) >= 11 is 3.84. The van der Waals surface area contributed by atoms with Crippen molar-refractivity contribution in [3.8, 4) is 0 Å². The van der Waals surface area contributed by atoms with E-state index in [-0.39, 0.29) is 0 Å². The van der Waals surface area contributed by atoms with Crippen LogP contribution in [0.4, 0.5) is 4.39 Å². The Bertz CT molecular complexity index is 42.8. The zero-order valence-corrected chi connectivity index (χ0v) is 4.29. The second-order valence-corrected chi connectivity index (χ2v) is 1.32. The molecule has 6 heavy (non-hydrogen) atoms. The topological polar surface area (TPSA) is 0 Å². The van der Waals surface area contributed by atoms with Crippen molar-refractivity contribution in [3.63, 3.8) is 0 Å². The van der Waals surface area contributed by atoms with Gasteiger partial charge in [0.15, 0.2) is 0 Å². The van der Waals surface area contributed by atoms with Gasteiger partial charge in [0.2, 0.25) is 0 Å². The van der Waals surface area contributed by atoms with Crippen LogP contribution in [0.25, 0.3) is 0 Å². The molecule has 0 spiro atoms. The molecule has 0 aliphatic heterocycles. The van der Waals surface area contributed by atoms with Gasteiger partial charge in [0.25, 0.3) is 0 Å². The molecule has 0 saturated heterocycles. The highest BCUT2D eigenvalue weighted by Crippen LogP contribution is 1.84. The summed E-state index contributed by atoms with van der Waals surface area (Å²) in [6.45, 7) is 0. The summed E-state index contributed by atoms with van der Waals surface area (Å²) in [5, 5.41) is 0. The van der Waals surface area contributed by atoms with E-state index < -0.39 is 0 Å². The van der Waals surface area contributed by atoms with E-state index in [1.807, 2.05) is 0 Å². The summed E-state index contributed by atoms with van der Waals surface area (Å²) < 4.78 is 11.0. The lowest BCUT2D eigenvalue weighted by molar-refractivity contribution is 0.716. The molecule has 0 rings (SSSR count). The summed E-state index contributed by atoms with van der Waals surface area (Å²) in [5.41, 5.74) is 0. The molecule has 0 aromatic rings. The monoisotopic (exact) mass is 106 g/mol. The van der Waals surface area contributed by atoms with Crippen LogP contribution in [0.5, 0.6) is 0 Å². The molecule has 0 nitrogen and oxygen atoms in total. The normalized spacial score (nSPS) is 10.3. The van der Waals surface area contributed by atoms with Crippen molar-refractivity contribution in [3.05, 3.63) is 12.4 Å². The zero-order valence-electron chi connectivity index (χ0n) is 3.39. The van der Waals surface area contributed by atoms with Gasteiger partial charge in [0.05, 0.1) is 6.33 Å². The van der Waals surface area contributed by atoms with Gasteiger partial charge in [0, 0.05) is 0 Å². The molecule has 0 bridgehead atoms. The average molecular weight is 106 g/mol. The Hall–Kier alpha value is 0.0200. The fourth-order valence-corrected chi connectivity index (χ4v) is 0.287. The minimum absolute atomic E-state index is 0.538. The number of allylic oxidation sites excluding steroid dienone is 1. The number of hydrogen-bond donors (Lipinski definition) is 1. The second-order valence-electron chi connectivity index (χ2n) is 0.874. The molecule has 36 valence electrons. The third-order valence-corrected chi connectivity index (χ3v) is 0.643. The highest BCUT2D eigenvalue weighted by Gasteiger charge is 1.67. The summed E-state index contributed by atoms with van der Waals surface area (Å²) in [7, 11) is 0. The van der Waals surface area contributed by atoms with Gasteiger partial charge < -0.3 is 0 Å². The lowest BCUT2D eigenvalue weighted by atomic mass is 10.5. The summed E-state index contributed by atoms with van der Waals surface area (Å²) in [6, 6.07) is 0. The molecular formula is C4H7FS. The van der Waals surface area contributed by atoms with Crippen LogP contribution in [0.3, 0.4) is 0 Å². The largest absolute Gasteiger partial charge is 0.216 e. The maximum Gasteiger partial charge on any atom is 0.0827 e. The molecule has 0 amide bonds. The number of rotatable bonds is 2. The Morgan fingerprint density at radius 3 is 2.50 bits per heavy atom. The van der Waals surface area contributed by atoms with Crippen molar-refractivity contribution in [2.45, 2.75) is 6.42 Å². The van der Waals surface area contributed by atoms with Gasteiger partial charge in [-0.2, -0.15) is 12.6 Å². The standard InChI is InChI=1S/C4H7FS/c5-3-1-2-4-6/h1,3,6H,2,4H2. The minimum Gasteiger partial charge on any atom is -0.216 e. The van der Waals surface area contributed by atoms with E-state index in [1.165, 1.54) is 6.08 Å². The Kier molecular flexibility index (Phi) is 5.04. The van der Waals surface area contributed by atoms with E-state index in [0.29, 0.717) is 6.33 Å². The van der Waals surface area contributed by atoms with Crippen LogP contribution >= 0.6 is 12.6 Å². The SMILES string of the molecule is FC=CCCS. The summed E-state index contributed by atoms with van der Waals surface area (Å²) in [5.74, 6) is 0.723. The highest BCUT2D eigenvalue weighted by atomic mass is 32.1. The molecular weight excluding hydrogens is 99.1 g/mol. The van der Waals surface area contributed by atoms with E-state index in [1.54, 1.807) is 0 Å². The minimum atomic E-state index is 0.538. The number of hydrogen-bond acceptors (Lipinski definition) is 1. The molecule has 0 unspecified atom stereocenters. The molecule has 0 atom stereocenters. The molecule has 0 aliphatic carbocycles. The Balaban J connectivity index is 2.66. The molecule has 0 aromatic carbocycles. The fourth-order valence-electron chi connectivity index (χ4n) is 0.138. The molecule has 0 N–H and O–H groups in total. The van der Waals surface area contributed by atoms with Gasteiger partial charge in [-0.15, -0.1) is 0 Å². The lowest BCUT2D eigenvalue weighted by Crippen LogP contribution is -1.61. The third-order valence-electron chi connectivity index (χ3n) is 0.385. The lowest BCUT2D eigenvalue weighted by Gasteiger charge is -1.74. The van der Waals surface area contributed by atoms with Crippen molar-refractivity contribution >= 4 is 12.6 Å². The maximum atomic E-state index is 11.0. The molecule has 0 heterocycles. The molecule has 0 aromatic heterocycles. The summed E-state index contributed by atoms with van der Waals surface area (Å²) in [4.78, 5) is 0. The number of thiol groups is 1. The first-order chi connectivity index (χ1) is 2.91. The fraction of sp³-hybridized carbons (Fsp3) is 0.500. The quantitative estimate of drug-likeness (QED) is 0.510. The van der Waals surface area contributed by atoms with Crippen LogP contribution in [-0.2, 0) is 0 Å². The van der Waals surface area contributed by atoms with Gasteiger partial charge in [-0.1, -0.05) is 6.08 Å². The molecule has 0 aliphatic rings. The van der Waals surface area contributed by atoms with E-state index in [4.69, 9.17) is 0 Å². The smallest absolute Gasteiger partial charge is 0.0827 e. The van der Waals surface area contributed by atoms with Gasteiger partial charge in [-0.3, -0.25) is 0 Å². The first kappa shape index (κ1) is 6.02. The van der Waals surface area contributed by atoms with Crippen molar-refractivity contribution in [1.82, 2.24) is 0 Å². The van der Waals surface area contributed by atoms with Crippen LogP contribution in [0.15, 0.2) is 12.4 Å². The van der Waals surface area contributed by atoms with Crippen molar-refractivity contribution in [1.29, 1.82) is 0 Å². The summed E-state index contributed by atoms with van der Waals surface area (Å²) in [6.07, 6.45) is 2.70. The molecule has 0 saturated carbocycles. The first-order valence-corrected chi connectivity index (χ1v) is 2.41. The van der Waals surface area contributed by atoms with Gasteiger partial charge in [-0.05, 0) is 12.2 Å². The van der Waals surface area contributed by atoms with Gasteiger partial charge in [-0.25, -0.2) is 4.39 Å². The predicted octanol–water partition coefficient (Wildman–Crippen LogP) is 1.79. The van der Waals surface area contributed by atoms with Crippen LogP contribution in [-0.4, -0.2) is 5.75 Å². The van der Waals surface area contributed by atoms with Crippen LogP contribution in [0.2, 0.25) is 0 Å². The van der Waals surface area contributed by atoms with E-state index in [0.717, 1.165) is 12.2 Å². The van der Waals surface area contributed by atoms with Crippen LogP contribution < -0.4 is 0 Å². The van der Waals surface area contributed by atoms with Crippen LogP contribution in [0.1, 0.15) is 6.42 Å². The third kappa shape index (κ3) is 4.02. The number of halogens is 1. The maximum absolute atomic E-state index is 11.0. The average Bonchev–Trinajstić information content (AvgIpc) is 1.61. The highest BCUT2D eigenvalue weighted by molar-refractivity contribution is 7.80. The Labute approximate surface area is 42.5 Å². The van der Waals surface area contributed by atoms with Crippen molar-refractivity contribution < 1.29 is 4.39 Å². The van der Waals surface area contributed by atoms with Crippen LogP contribution in [0, 0.1) is 0 Å². The van der Waals surface area contributed by atoms with Gasteiger partial charge in [0.1, 0.15) is 0 Å². The Morgan fingerprint density at radius 2 is 2.33 bits per heavy atom. The molecule has 0 radical (unpaired) electrons. The van der Waals surface area contributed by atoms with E-state index in [9.17, 15) is 4.39 Å². The molecule has 2 heteroatoms. The van der Waals surface area contributed by atoms with Gasteiger partial charge >= 0.3 is 0 Å². The molecule has 0 fully saturated rings. The second kappa shape index (κ2) is 5.02. The zero-order chi connectivity index (χ0) is 4.83. The van der Waals surface area contributed by atoms with Crippen molar-refractivity contribution in [2.24, 2.45) is 0 Å². The Morgan fingerprint density at radius 1 is 1.67 bits per heavy atom. The first-order valence-electron chi connectivity index (χ1n) is 1.78. The van der Waals surface area contributed by atoms with Crippen molar-refractivity contribution in [2.75, 3.05) is 5.75 Å². The predicted molar refractivity (Wildman–Crippen MR) is 28.7 cm³/mol. The van der Waals surface area contributed by atoms with E-state index >= 15 is 0 Å².